The minimum atomic E-state index is -1.14. The summed E-state index contributed by atoms with van der Waals surface area (Å²) < 4.78 is 13.3. The zero-order chi connectivity index (χ0) is 14.0. The van der Waals surface area contributed by atoms with Crippen molar-refractivity contribution in [1.82, 2.24) is 4.90 Å². The lowest BCUT2D eigenvalue weighted by Crippen LogP contribution is -2.48. The quantitative estimate of drug-likeness (QED) is 0.855. The van der Waals surface area contributed by atoms with Crippen LogP contribution < -0.4 is 0 Å². The van der Waals surface area contributed by atoms with Gasteiger partial charge in [-0.1, -0.05) is 19.1 Å². The number of carbonyl (C=O) groups is 2. The zero-order valence-electron chi connectivity index (χ0n) is 10.7. The van der Waals surface area contributed by atoms with E-state index in [1.807, 2.05) is 0 Å². The van der Waals surface area contributed by atoms with Gasteiger partial charge in [-0.3, -0.25) is 4.90 Å². The molecule has 0 radical (unpaired) electrons. The van der Waals surface area contributed by atoms with Crippen molar-refractivity contribution in [2.45, 2.75) is 37.8 Å². The van der Waals surface area contributed by atoms with Crippen LogP contribution in [0.5, 0.6) is 0 Å². The Hall–Kier alpha value is -1.91. The Morgan fingerprint density at radius 1 is 1.63 bits per heavy atom. The number of benzene rings is 1. The standard InChI is InChI=1S/C14H16FNO3/c1-2-14(9-17)7-6-12(16(14)13(18)19)10-4-3-5-11(15)8-10/h3-5,8-9,12H,2,6-7H2,1H3,(H,18,19)/t12-,14-/m0/s1. The van der Waals surface area contributed by atoms with Crippen LogP contribution in [0.25, 0.3) is 0 Å². The number of hydrogen-bond acceptors (Lipinski definition) is 2. The van der Waals surface area contributed by atoms with E-state index in [-0.39, 0.29) is 0 Å². The normalized spacial score (nSPS) is 26.4. The molecule has 1 aliphatic rings. The molecule has 1 aromatic carbocycles. The third-order valence-corrected chi connectivity index (χ3v) is 3.91. The summed E-state index contributed by atoms with van der Waals surface area (Å²) in [5.41, 5.74) is -0.386. The Morgan fingerprint density at radius 2 is 2.37 bits per heavy atom. The molecule has 102 valence electrons. The molecule has 0 spiro atoms. The Balaban J connectivity index is 2.42. The first-order valence-electron chi connectivity index (χ1n) is 6.28. The van der Waals surface area contributed by atoms with Gasteiger partial charge in [-0.25, -0.2) is 9.18 Å². The molecule has 0 bridgehead atoms. The van der Waals surface area contributed by atoms with Gasteiger partial charge in [-0.05, 0) is 37.0 Å². The van der Waals surface area contributed by atoms with E-state index in [1.54, 1.807) is 19.1 Å². The van der Waals surface area contributed by atoms with E-state index in [0.717, 1.165) is 0 Å². The van der Waals surface area contributed by atoms with Gasteiger partial charge in [0, 0.05) is 0 Å². The zero-order valence-corrected chi connectivity index (χ0v) is 10.7. The van der Waals surface area contributed by atoms with Gasteiger partial charge in [0.15, 0.2) is 0 Å². The molecule has 0 aliphatic carbocycles. The summed E-state index contributed by atoms with van der Waals surface area (Å²) in [6, 6.07) is 5.43. The molecule has 19 heavy (non-hydrogen) atoms. The Bertz CT molecular complexity index is 505. The number of nitrogens with zero attached hydrogens (tertiary/aromatic N) is 1. The second kappa shape index (κ2) is 4.99. The summed E-state index contributed by atoms with van der Waals surface area (Å²) in [6.45, 7) is 1.79. The summed E-state index contributed by atoms with van der Waals surface area (Å²) in [5, 5.41) is 9.39. The monoisotopic (exact) mass is 265 g/mol. The van der Waals surface area contributed by atoms with E-state index >= 15 is 0 Å². The van der Waals surface area contributed by atoms with Gasteiger partial charge in [0.2, 0.25) is 0 Å². The van der Waals surface area contributed by atoms with E-state index in [0.29, 0.717) is 31.1 Å². The molecule has 0 saturated carbocycles. The van der Waals surface area contributed by atoms with E-state index in [4.69, 9.17) is 0 Å². The van der Waals surface area contributed by atoms with Crippen molar-refractivity contribution < 1.29 is 19.1 Å². The number of likely N-dealkylation sites (tertiary alicyclic amines) is 1. The van der Waals surface area contributed by atoms with Crippen LogP contribution in [0, 0.1) is 5.82 Å². The van der Waals surface area contributed by atoms with Gasteiger partial charge in [0.05, 0.1) is 6.04 Å². The van der Waals surface area contributed by atoms with Crippen LogP contribution in [-0.2, 0) is 4.79 Å². The van der Waals surface area contributed by atoms with Gasteiger partial charge < -0.3 is 9.90 Å². The van der Waals surface area contributed by atoms with E-state index < -0.39 is 23.5 Å². The molecule has 4 nitrogen and oxygen atoms in total. The fourth-order valence-electron chi connectivity index (χ4n) is 2.85. The topological polar surface area (TPSA) is 57.6 Å². The van der Waals surface area contributed by atoms with Gasteiger partial charge >= 0.3 is 6.09 Å². The van der Waals surface area contributed by atoms with Crippen LogP contribution in [0.4, 0.5) is 9.18 Å². The molecular weight excluding hydrogens is 249 g/mol. The number of carboxylic acid groups (broad SMARTS) is 1. The predicted octanol–water partition coefficient (Wildman–Crippen LogP) is 2.99. The number of aldehydes is 1. The number of hydrogen-bond donors (Lipinski definition) is 1. The largest absolute Gasteiger partial charge is 0.465 e. The molecule has 1 fully saturated rings. The number of carbonyl (C=O) groups excluding carboxylic acids is 1. The summed E-state index contributed by atoms with van der Waals surface area (Å²) in [6.07, 6.45) is 0.999. The second-order valence-electron chi connectivity index (χ2n) is 4.84. The maximum atomic E-state index is 13.3. The summed E-state index contributed by atoms with van der Waals surface area (Å²) in [7, 11) is 0. The lowest BCUT2D eigenvalue weighted by molar-refractivity contribution is -0.117. The number of halogens is 1. The van der Waals surface area contributed by atoms with Crippen molar-refractivity contribution in [2.75, 3.05) is 0 Å². The van der Waals surface area contributed by atoms with Crippen LogP contribution in [0.2, 0.25) is 0 Å². The maximum absolute atomic E-state index is 13.3. The molecule has 5 heteroatoms. The molecule has 2 rings (SSSR count). The number of amides is 1. The molecule has 1 aliphatic heterocycles. The fourth-order valence-corrected chi connectivity index (χ4v) is 2.85. The summed E-state index contributed by atoms with van der Waals surface area (Å²) in [4.78, 5) is 24.0. The first-order chi connectivity index (χ1) is 9.04. The van der Waals surface area contributed by atoms with Crippen molar-refractivity contribution in [3.05, 3.63) is 35.6 Å². The average Bonchev–Trinajstić information content (AvgIpc) is 2.79. The summed E-state index contributed by atoms with van der Waals surface area (Å²) in [5.74, 6) is -0.400. The Morgan fingerprint density at radius 3 is 2.89 bits per heavy atom. The first kappa shape index (κ1) is 13.5. The second-order valence-corrected chi connectivity index (χ2v) is 4.84. The SMILES string of the molecule is CC[C@@]1(C=O)CC[C@@H](c2cccc(F)c2)N1C(=O)O. The van der Waals surface area contributed by atoms with Crippen LogP contribution in [0.1, 0.15) is 37.8 Å². The molecule has 2 atom stereocenters. The highest BCUT2D eigenvalue weighted by Gasteiger charge is 2.48. The van der Waals surface area contributed by atoms with Crippen molar-refractivity contribution in [3.63, 3.8) is 0 Å². The van der Waals surface area contributed by atoms with Gasteiger partial charge in [-0.2, -0.15) is 0 Å². The predicted molar refractivity (Wildman–Crippen MR) is 67.3 cm³/mol. The highest BCUT2D eigenvalue weighted by molar-refractivity contribution is 5.77. The van der Waals surface area contributed by atoms with Gasteiger partial charge in [0.25, 0.3) is 0 Å². The lowest BCUT2D eigenvalue weighted by atomic mass is 9.95. The highest BCUT2D eigenvalue weighted by atomic mass is 19.1. The molecule has 0 aromatic heterocycles. The van der Waals surface area contributed by atoms with E-state index in [9.17, 15) is 19.1 Å². The maximum Gasteiger partial charge on any atom is 0.408 e. The molecule has 1 heterocycles. The molecule has 1 amide bonds. The molecular formula is C14H16FNO3. The third-order valence-electron chi connectivity index (χ3n) is 3.91. The van der Waals surface area contributed by atoms with Crippen LogP contribution in [0.3, 0.4) is 0 Å². The van der Waals surface area contributed by atoms with Crippen LogP contribution in [0.15, 0.2) is 24.3 Å². The lowest BCUT2D eigenvalue weighted by Gasteiger charge is -2.34. The Kier molecular flexibility index (Phi) is 3.55. The van der Waals surface area contributed by atoms with E-state index in [1.165, 1.54) is 17.0 Å². The minimum absolute atomic E-state index is 0.400. The van der Waals surface area contributed by atoms with Crippen molar-refractivity contribution in [2.24, 2.45) is 0 Å². The van der Waals surface area contributed by atoms with Crippen molar-refractivity contribution in [3.8, 4) is 0 Å². The third kappa shape index (κ3) is 2.20. The molecule has 1 saturated heterocycles. The Labute approximate surface area is 110 Å². The smallest absolute Gasteiger partial charge is 0.408 e. The fraction of sp³-hybridized carbons (Fsp3) is 0.429. The minimum Gasteiger partial charge on any atom is -0.465 e. The first-order valence-corrected chi connectivity index (χ1v) is 6.28. The average molecular weight is 265 g/mol. The molecule has 1 aromatic rings. The van der Waals surface area contributed by atoms with Crippen LogP contribution in [-0.4, -0.2) is 27.9 Å². The van der Waals surface area contributed by atoms with Crippen LogP contribution >= 0.6 is 0 Å². The number of rotatable bonds is 3. The van der Waals surface area contributed by atoms with Crippen molar-refractivity contribution in [1.29, 1.82) is 0 Å². The molecule has 1 N–H and O–H groups in total. The highest BCUT2D eigenvalue weighted by Crippen LogP contribution is 2.43. The van der Waals surface area contributed by atoms with Gasteiger partial charge in [0.1, 0.15) is 17.6 Å². The van der Waals surface area contributed by atoms with Gasteiger partial charge in [-0.15, -0.1) is 0 Å². The summed E-state index contributed by atoms with van der Waals surface area (Å²) >= 11 is 0. The van der Waals surface area contributed by atoms with E-state index in [2.05, 4.69) is 0 Å². The van der Waals surface area contributed by atoms with Crippen molar-refractivity contribution >= 4 is 12.4 Å². The molecule has 0 unspecified atom stereocenters.